The van der Waals surface area contributed by atoms with Crippen LogP contribution in [0.2, 0.25) is 0 Å². The number of aromatic carboxylic acids is 1. The predicted molar refractivity (Wildman–Crippen MR) is 77.4 cm³/mol. The number of carboxylic acid groups (broad SMARTS) is 1. The number of nitrogens with zero attached hydrogens (tertiary/aromatic N) is 1. The zero-order valence-electron chi connectivity index (χ0n) is 10.4. The predicted octanol–water partition coefficient (Wildman–Crippen LogP) is 3.57. The maximum Gasteiger partial charge on any atom is 0.335 e. The Morgan fingerprint density at radius 2 is 2.20 bits per heavy atom. The van der Waals surface area contributed by atoms with Crippen molar-refractivity contribution in [2.45, 2.75) is 6.61 Å². The molecule has 0 saturated heterocycles. The van der Waals surface area contributed by atoms with Gasteiger partial charge in [-0.15, -0.1) is 11.3 Å². The van der Waals surface area contributed by atoms with Gasteiger partial charge in [-0.3, -0.25) is 4.98 Å². The molecule has 5 heteroatoms. The largest absolute Gasteiger partial charge is 0.486 e. The van der Waals surface area contributed by atoms with Crippen LogP contribution in [0.25, 0.3) is 10.1 Å². The van der Waals surface area contributed by atoms with Gasteiger partial charge in [0.25, 0.3) is 0 Å². The van der Waals surface area contributed by atoms with Crippen molar-refractivity contribution < 1.29 is 14.6 Å². The first-order valence-electron chi connectivity index (χ1n) is 6.01. The van der Waals surface area contributed by atoms with Crippen LogP contribution in [0.5, 0.6) is 5.75 Å². The molecule has 0 bridgehead atoms. The molecule has 3 rings (SSSR count). The zero-order valence-corrected chi connectivity index (χ0v) is 11.3. The number of hydrogen-bond acceptors (Lipinski definition) is 4. The van der Waals surface area contributed by atoms with Gasteiger partial charge in [0, 0.05) is 15.8 Å². The molecule has 2 aromatic heterocycles. The molecule has 0 saturated carbocycles. The van der Waals surface area contributed by atoms with E-state index < -0.39 is 5.97 Å². The fourth-order valence-corrected chi connectivity index (χ4v) is 2.89. The van der Waals surface area contributed by atoms with E-state index in [-0.39, 0.29) is 0 Å². The molecule has 0 radical (unpaired) electrons. The highest BCUT2D eigenvalue weighted by Gasteiger charge is 2.07. The van der Waals surface area contributed by atoms with Crippen LogP contribution in [0.3, 0.4) is 0 Å². The Balaban J connectivity index is 1.80. The van der Waals surface area contributed by atoms with Crippen LogP contribution >= 0.6 is 11.3 Å². The summed E-state index contributed by atoms with van der Waals surface area (Å²) in [5.74, 6) is -0.190. The lowest BCUT2D eigenvalue weighted by molar-refractivity contribution is 0.0697. The van der Waals surface area contributed by atoms with Gasteiger partial charge in [-0.1, -0.05) is 6.07 Å². The zero-order chi connectivity index (χ0) is 13.9. The fourth-order valence-electron chi connectivity index (χ4n) is 1.88. The van der Waals surface area contributed by atoms with Crippen LogP contribution in [0, 0.1) is 0 Å². The summed E-state index contributed by atoms with van der Waals surface area (Å²) in [6, 6.07) is 10.8. The smallest absolute Gasteiger partial charge is 0.335 e. The third kappa shape index (κ3) is 2.62. The first kappa shape index (κ1) is 12.6. The van der Waals surface area contributed by atoms with E-state index in [2.05, 4.69) is 4.98 Å². The van der Waals surface area contributed by atoms with Gasteiger partial charge in [0.1, 0.15) is 12.4 Å². The Morgan fingerprint density at radius 3 is 2.95 bits per heavy atom. The molecule has 4 nitrogen and oxygen atoms in total. The van der Waals surface area contributed by atoms with E-state index in [0.717, 1.165) is 20.7 Å². The third-order valence-corrected chi connectivity index (χ3v) is 3.90. The molecule has 0 amide bonds. The number of carbonyl (C=O) groups is 1. The van der Waals surface area contributed by atoms with E-state index in [1.165, 1.54) is 11.3 Å². The molecule has 0 atom stereocenters. The quantitative estimate of drug-likeness (QED) is 0.796. The molecule has 0 spiro atoms. The number of hydrogen-bond donors (Lipinski definition) is 1. The monoisotopic (exact) mass is 285 g/mol. The van der Waals surface area contributed by atoms with E-state index >= 15 is 0 Å². The fraction of sp³-hybridized carbons (Fsp3) is 0.0667. The molecule has 0 unspecified atom stereocenters. The van der Waals surface area contributed by atoms with E-state index in [4.69, 9.17) is 9.84 Å². The summed E-state index contributed by atoms with van der Waals surface area (Å²) in [6.45, 7) is 0.452. The van der Waals surface area contributed by atoms with E-state index in [9.17, 15) is 4.79 Å². The Morgan fingerprint density at radius 1 is 1.30 bits per heavy atom. The normalized spacial score (nSPS) is 10.6. The molecule has 0 aliphatic heterocycles. The lowest BCUT2D eigenvalue weighted by atomic mass is 10.2. The van der Waals surface area contributed by atoms with Crippen LogP contribution < -0.4 is 4.74 Å². The van der Waals surface area contributed by atoms with Gasteiger partial charge < -0.3 is 9.84 Å². The average molecular weight is 285 g/mol. The van der Waals surface area contributed by atoms with Crippen molar-refractivity contribution in [2.75, 3.05) is 0 Å². The van der Waals surface area contributed by atoms with E-state index in [1.54, 1.807) is 24.5 Å². The molecular formula is C15H11NO3S. The van der Waals surface area contributed by atoms with E-state index in [1.807, 2.05) is 24.3 Å². The molecule has 1 aromatic carbocycles. The number of carboxylic acids is 1. The van der Waals surface area contributed by atoms with Gasteiger partial charge in [-0.2, -0.15) is 0 Å². The molecule has 20 heavy (non-hydrogen) atoms. The summed E-state index contributed by atoms with van der Waals surface area (Å²) in [7, 11) is 0. The van der Waals surface area contributed by atoms with Gasteiger partial charge in [0.15, 0.2) is 0 Å². The van der Waals surface area contributed by atoms with Crippen LogP contribution in [0.4, 0.5) is 0 Å². The Labute approximate surface area is 119 Å². The second kappa shape index (κ2) is 5.30. The molecule has 0 aliphatic carbocycles. The number of benzene rings is 1. The Kier molecular flexibility index (Phi) is 3.35. The Bertz CT molecular complexity index is 752. The van der Waals surface area contributed by atoms with Gasteiger partial charge in [0.2, 0.25) is 0 Å². The van der Waals surface area contributed by atoms with Crippen molar-refractivity contribution in [3.05, 3.63) is 59.2 Å². The number of pyridine rings is 1. The third-order valence-electron chi connectivity index (χ3n) is 2.83. The van der Waals surface area contributed by atoms with Crippen molar-refractivity contribution in [2.24, 2.45) is 0 Å². The van der Waals surface area contributed by atoms with Crippen molar-refractivity contribution in [3.8, 4) is 5.75 Å². The molecule has 0 fully saturated rings. The molecule has 0 aliphatic rings. The standard InChI is InChI=1S/C15H11NO3S/c17-15(18)11-4-3-10-6-13(20-14(10)7-11)9-19-12-2-1-5-16-8-12/h1-8H,9H2,(H,17,18). The summed E-state index contributed by atoms with van der Waals surface area (Å²) < 4.78 is 6.58. The highest BCUT2D eigenvalue weighted by Crippen LogP contribution is 2.27. The summed E-state index contributed by atoms with van der Waals surface area (Å²) in [5.41, 5.74) is 0.305. The van der Waals surface area contributed by atoms with Crippen molar-refractivity contribution in [3.63, 3.8) is 0 Å². The van der Waals surface area contributed by atoms with Gasteiger partial charge in [0.05, 0.1) is 11.8 Å². The van der Waals surface area contributed by atoms with Crippen LogP contribution in [0.15, 0.2) is 48.8 Å². The number of rotatable bonds is 4. The lowest BCUT2D eigenvalue weighted by Gasteiger charge is -2.02. The summed E-state index contributed by atoms with van der Waals surface area (Å²) >= 11 is 1.54. The molecule has 3 aromatic rings. The molecule has 2 heterocycles. The van der Waals surface area contributed by atoms with Crippen LogP contribution in [-0.2, 0) is 6.61 Å². The topological polar surface area (TPSA) is 59.4 Å². The minimum atomic E-state index is -0.909. The lowest BCUT2D eigenvalue weighted by Crippen LogP contribution is -1.94. The molecular weight excluding hydrogens is 274 g/mol. The van der Waals surface area contributed by atoms with Crippen molar-refractivity contribution >= 4 is 27.4 Å². The highest BCUT2D eigenvalue weighted by molar-refractivity contribution is 7.19. The summed E-state index contributed by atoms with van der Waals surface area (Å²) in [4.78, 5) is 16.0. The van der Waals surface area contributed by atoms with Crippen molar-refractivity contribution in [1.82, 2.24) is 4.98 Å². The minimum Gasteiger partial charge on any atom is -0.486 e. The number of aromatic nitrogens is 1. The second-order valence-corrected chi connectivity index (χ2v) is 5.42. The van der Waals surface area contributed by atoms with Gasteiger partial charge >= 0.3 is 5.97 Å². The summed E-state index contributed by atoms with van der Waals surface area (Å²) in [6.07, 6.45) is 3.36. The number of ether oxygens (including phenoxy) is 1. The van der Waals surface area contributed by atoms with Crippen LogP contribution in [-0.4, -0.2) is 16.1 Å². The molecule has 100 valence electrons. The Hall–Kier alpha value is -2.40. The SMILES string of the molecule is O=C(O)c1ccc2cc(COc3cccnc3)sc2c1. The van der Waals surface area contributed by atoms with E-state index in [0.29, 0.717) is 12.2 Å². The second-order valence-electron chi connectivity index (χ2n) is 4.25. The van der Waals surface area contributed by atoms with Gasteiger partial charge in [-0.25, -0.2) is 4.79 Å². The summed E-state index contributed by atoms with van der Waals surface area (Å²) in [5, 5.41) is 10.0. The maximum atomic E-state index is 10.9. The molecule has 1 N–H and O–H groups in total. The minimum absolute atomic E-state index is 0.305. The number of thiophene rings is 1. The number of fused-ring (bicyclic) bond motifs is 1. The van der Waals surface area contributed by atoms with Crippen LogP contribution in [0.1, 0.15) is 15.2 Å². The maximum absolute atomic E-state index is 10.9. The highest BCUT2D eigenvalue weighted by atomic mass is 32.1. The van der Waals surface area contributed by atoms with Gasteiger partial charge in [-0.05, 0) is 35.7 Å². The first-order chi connectivity index (χ1) is 9.72. The average Bonchev–Trinajstić information content (AvgIpc) is 2.88. The first-order valence-corrected chi connectivity index (χ1v) is 6.82. The van der Waals surface area contributed by atoms with Crippen molar-refractivity contribution in [1.29, 1.82) is 0 Å².